The van der Waals surface area contributed by atoms with E-state index < -0.39 is 0 Å². The molecule has 0 radical (unpaired) electrons. The molecule has 0 heterocycles. The zero-order chi connectivity index (χ0) is 8.97. The van der Waals surface area contributed by atoms with Crippen molar-refractivity contribution in [1.29, 1.82) is 0 Å². The second-order valence-electron chi connectivity index (χ2n) is 2.63. The molecule has 2 heteroatoms. The summed E-state index contributed by atoms with van der Waals surface area (Å²) in [4.78, 5) is 0. The molecule has 1 aromatic rings. The van der Waals surface area contributed by atoms with E-state index in [0.29, 0.717) is 0 Å². The van der Waals surface area contributed by atoms with Crippen LogP contribution >= 0.6 is 0 Å². The molecule has 1 unspecified atom stereocenters. The average Bonchev–Trinajstić information content (AvgIpc) is 2.09. The van der Waals surface area contributed by atoms with E-state index in [2.05, 4.69) is 6.58 Å². The molecule has 12 heavy (non-hydrogen) atoms. The van der Waals surface area contributed by atoms with Crippen LogP contribution in [0.5, 0.6) is 5.75 Å². The van der Waals surface area contributed by atoms with Crippen molar-refractivity contribution in [2.24, 2.45) is 0 Å². The Kier molecular flexibility index (Phi) is 2.75. The minimum atomic E-state index is 0.0358. The minimum absolute atomic E-state index is 0.0358. The lowest BCUT2D eigenvalue weighted by Gasteiger charge is -2.09. The maximum atomic E-state index is 5.51. The van der Waals surface area contributed by atoms with Crippen molar-refractivity contribution in [3.05, 3.63) is 36.9 Å². The van der Waals surface area contributed by atoms with Crippen molar-refractivity contribution < 1.29 is 4.74 Å². The monoisotopic (exact) mass is 163 g/mol. The summed E-state index contributed by atoms with van der Waals surface area (Å²) in [6.07, 6.45) is 1.78. The maximum Gasteiger partial charge on any atom is 0.120 e. The van der Waals surface area contributed by atoms with Crippen LogP contribution in [0.3, 0.4) is 0 Å². The first-order valence-electron chi connectivity index (χ1n) is 3.87. The summed E-state index contributed by atoms with van der Waals surface area (Å²) >= 11 is 0. The SMILES string of the molecule is C=CC(C)Oc1ccc(N)cc1. The molecule has 0 saturated carbocycles. The fourth-order valence-corrected chi connectivity index (χ4v) is 0.809. The van der Waals surface area contributed by atoms with E-state index in [1.807, 2.05) is 31.2 Å². The zero-order valence-electron chi connectivity index (χ0n) is 7.16. The molecule has 0 aliphatic carbocycles. The van der Waals surface area contributed by atoms with Gasteiger partial charge in [-0.05, 0) is 31.2 Å². The first-order chi connectivity index (χ1) is 5.72. The van der Waals surface area contributed by atoms with Gasteiger partial charge in [-0.25, -0.2) is 0 Å². The van der Waals surface area contributed by atoms with Gasteiger partial charge in [-0.2, -0.15) is 0 Å². The Morgan fingerprint density at radius 3 is 2.50 bits per heavy atom. The Balaban J connectivity index is 2.64. The van der Waals surface area contributed by atoms with Crippen LogP contribution in [-0.2, 0) is 0 Å². The molecule has 1 atom stereocenters. The van der Waals surface area contributed by atoms with Gasteiger partial charge in [0.15, 0.2) is 0 Å². The van der Waals surface area contributed by atoms with Crippen molar-refractivity contribution in [3.63, 3.8) is 0 Å². The minimum Gasteiger partial charge on any atom is -0.487 e. The second-order valence-corrected chi connectivity index (χ2v) is 2.63. The molecule has 0 aliphatic rings. The molecule has 1 aromatic carbocycles. The number of ether oxygens (including phenoxy) is 1. The predicted molar refractivity (Wildman–Crippen MR) is 51.1 cm³/mol. The van der Waals surface area contributed by atoms with Gasteiger partial charge in [0.2, 0.25) is 0 Å². The largest absolute Gasteiger partial charge is 0.487 e. The number of rotatable bonds is 3. The zero-order valence-corrected chi connectivity index (χ0v) is 7.16. The van der Waals surface area contributed by atoms with E-state index in [4.69, 9.17) is 10.5 Å². The lowest BCUT2D eigenvalue weighted by molar-refractivity contribution is 0.270. The third kappa shape index (κ3) is 2.31. The topological polar surface area (TPSA) is 35.2 Å². The van der Waals surface area contributed by atoms with Gasteiger partial charge in [0.05, 0.1) is 0 Å². The highest BCUT2D eigenvalue weighted by Gasteiger charge is 1.96. The molecule has 0 saturated heterocycles. The van der Waals surface area contributed by atoms with Crippen LogP contribution in [0.1, 0.15) is 6.92 Å². The Morgan fingerprint density at radius 1 is 1.42 bits per heavy atom. The fourth-order valence-electron chi connectivity index (χ4n) is 0.809. The fraction of sp³-hybridized carbons (Fsp3) is 0.200. The van der Waals surface area contributed by atoms with E-state index in [1.165, 1.54) is 0 Å². The Bertz CT molecular complexity index is 253. The maximum absolute atomic E-state index is 5.51. The van der Waals surface area contributed by atoms with E-state index in [9.17, 15) is 0 Å². The summed E-state index contributed by atoms with van der Waals surface area (Å²) in [5.74, 6) is 0.816. The van der Waals surface area contributed by atoms with Crippen LogP contribution in [0.25, 0.3) is 0 Å². The number of benzene rings is 1. The van der Waals surface area contributed by atoms with Gasteiger partial charge in [0.1, 0.15) is 11.9 Å². The van der Waals surface area contributed by atoms with Crippen molar-refractivity contribution >= 4 is 5.69 Å². The molecule has 0 aliphatic heterocycles. The van der Waals surface area contributed by atoms with E-state index in [1.54, 1.807) is 6.08 Å². The highest BCUT2D eigenvalue weighted by molar-refractivity contribution is 5.41. The molecule has 0 spiro atoms. The average molecular weight is 163 g/mol. The van der Waals surface area contributed by atoms with Crippen LogP contribution in [0.2, 0.25) is 0 Å². The van der Waals surface area contributed by atoms with Crippen LogP contribution in [-0.4, -0.2) is 6.10 Å². The molecule has 0 aromatic heterocycles. The van der Waals surface area contributed by atoms with Gasteiger partial charge in [-0.15, -0.1) is 0 Å². The van der Waals surface area contributed by atoms with Gasteiger partial charge >= 0.3 is 0 Å². The molecule has 2 nitrogen and oxygen atoms in total. The summed E-state index contributed by atoms with van der Waals surface area (Å²) in [5, 5.41) is 0. The predicted octanol–water partition coefficient (Wildman–Crippen LogP) is 2.22. The molecule has 1 rings (SSSR count). The Hall–Kier alpha value is -1.44. The normalized spacial score (nSPS) is 12.1. The Labute approximate surface area is 72.7 Å². The molecule has 0 fully saturated rings. The molecular formula is C10H13NO. The van der Waals surface area contributed by atoms with Crippen molar-refractivity contribution in [2.75, 3.05) is 5.73 Å². The molecule has 64 valence electrons. The van der Waals surface area contributed by atoms with Crippen LogP contribution in [0.15, 0.2) is 36.9 Å². The number of nitrogens with two attached hydrogens (primary N) is 1. The van der Waals surface area contributed by atoms with Gasteiger partial charge in [-0.3, -0.25) is 0 Å². The quantitative estimate of drug-likeness (QED) is 0.547. The summed E-state index contributed by atoms with van der Waals surface area (Å²) < 4.78 is 5.44. The van der Waals surface area contributed by atoms with Crippen LogP contribution in [0.4, 0.5) is 5.69 Å². The van der Waals surface area contributed by atoms with E-state index in [0.717, 1.165) is 11.4 Å². The number of nitrogen functional groups attached to an aromatic ring is 1. The van der Waals surface area contributed by atoms with E-state index >= 15 is 0 Å². The van der Waals surface area contributed by atoms with Gasteiger partial charge in [0, 0.05) is 5.69 Å². The standard InChI is InChI=1S/C10H13NO/c1-3-8(2)12-10-6-4-9(11)5-7-10/h3-8H,1,11H2,2H3. The van der Waals surface area contributed by atoms with Crippen molar-refractivity contribution in [1.82, 2.24) is 0 Å². The summed E-state index contributed by atoms with van der Waals surface area (Å²) in [6.45, 7) is 5.56. The smallest absolute Gasteiger partial charge is 0.120 e. The highest BCUT2D eigenvalue weighted by atomic mass is 16.5. The van der Waals surface area contributed by atoms with Crippen molar-refractivity contribution in [2.45, 2.75) is 13.0 Å². The summed E-state index contributed by atoms with van der Waals surface area (Å²) in [6, 6.07) is 7.31. The highest BCUT2D eigenvalue weighted by Crippen LogP contribution is 2.14. The summed E-state index contributed by atoms with van der Waals surface area (Å²) in [7, 11) is 0. The van der Waals surface area contributed by atoms with Gasteiger partial charge in [-0.1, -0.05) is 12.7 Å². The van der Waals surface area contributed by atoms with Crippen LogP contribution in [0, 0.1) is 0 Å². The van der Waals surface area contributed by atoms with Crippen molar-refractivity contribution in [3.8, 4) is 5.75 Å². The molecule has 0 amide bonds. The lowest BCUT2D eigenvalue weighted by atomic mass is 10.3. The number of hydrogen-bond donors (Lipinski definition) is 1. The Morgan fingerprint density at radius 2 is 2.00 bits per heavy atom. The third-order valence-electron chi connectivity index (χ3n) is 1.53. The molecular weight excluding hydrogens is 150 g/mol. The molecule has 0 bridgehead atoms. The van der Waals surface area contributed by atoms with E-state index in [-0.39, 0.29) is 6.10 Å². The van der Waals surface area contributed by atoms with Gasteiger partial charge in [0.25, 0.3) is 0 Å². The lowest BCUT2D eigenvalue weighted by Crippen LogP contribution is -2.06. The summed E-state index contributed by atoms with van der Waals surface area (Å²) in [5.41, 5.74) is 6.26. The first kappa shape index (κ1) is 8.65. The third-order valence-corrected chi connectivity index (χ3v) is 1.53. The number of anilines is 1. The van der Waals surface area contributed by atoms with Gasteiger partial charge < -0.3 is 10.5 Å². The first-order valence-corrected chi connectivity index (χ1v) is 3.87. The molecule has 2 N–H and O–H groups in total. The number of hydrogen-bond acceptors (Lipinski definition) is 2. The van der Waals surface area contributed by atoms with Crippen LogP contribution < -0.4 is 10.5 Å². The second kappa shape index (κ2) is 3.81.